The molecule has 1 rings (SSSR count). The van der Waals surface area contributed by atoms with Crippen LogP contribution in [-0.2, 0) is 19.1 Å². The minimum absolute atomic E-state index is 0.0262. The van der Waals surface area contributed by atoms with Crippen molar-refractivity contribution in [3.8, 4) is 0 Å². The van der Waals surface area contributed by atoms with Crippen LogP contribution in [0.5, 0.6) is 0 Å². The lowest BCUT2D eigenvalue weighted by Gasteiger charge is -2.26. The minimum atomic E-state index is -1.09. The van der Waals surface area contributed by atoms with Gasteiger partial charge in [0.25, 0.3) is 0 Å². The number of hydrogen-bond donors (Lipinski definition) is 0. The fourth-order valence-corrected chi connectivity index (χ4v) is 3.94. The van der Waals surface area contributed by atoms with E-state index in [0.717, 1.165) is 6.42 Å². The van der Waals surface area contributed by atoms with Crippen molar-refractivity contribution < 1.29 is 19.1 Å². The molecule has 0 amide bonds. The van der Waals surface area contributed by atoms with Crippen LogP contribution in [0.4, 0.5) is 0 Å². The summed E-state index contributed by atoms with van der Waals surface area (Å²) in [6.45, 7) is 6.18. The maximum atomic E-state index is 12.2. The van der Waals surface area contributed by atoms with E-state index in [1.165, 1.54) is 0 Å². The smallest absolute Gasteiger partial charge is 0.323 e. The van der Waals surface area contributed by atoms with Gasteiger partial charge >= 0.3 is 11.9 Å². The summed E-state index contributed by atoms with van der Waals surface area (Å²) in [6, 6.07) is 0. The molecule has 5 heteroatoms. The molecule has 1 aliphatic carbocycles. The van der Waals surface area contributed by atoms with Crippen LogP contribution in [0, 0.1) is 5.41 Å². The molecule has 104 valence electrons. The molecule has 4 nitrogen and oxygen atoms in total. The third kappa shape index (κ3) is 2.92. The van der Waals surface area contributed by atoms with Crippen LogP contribution in [-0.4, -0.2) is 33.1 Å². The van der Waals surface area contributed by atoms with Gasteiger partial charge in [-0.15, -0.1) is 20.7 Å². The van der Waals surface area contributed by atoms with Crippen molar-refractivity contribution >= 4 is 37.2 Å². The molecule has 0 saturated heterocycles. The molecule has 1 fully saturated rings. The summed E-state index contributed by atoms with van der Waals surface area (Å²) in [7, 11) is 0. The number of carbonyl (C=O) groups is 2. The van der Waals surface area contributed by atoms with Crippen LogP contribution in [0.15, 0.2) is 0 Å². The summed E-state index contributed by atoms with van der Waals surface area (Å²) < 4.78 is 14.2. The molecule has 0 spiro atoms. The maximum absolute atomic E-state index is 12.2. The second-order valence-electron chi connectivity index (χ2n) is 4.75. The van der Waals surface area contributed by atoms with Crippen LogP contribution >= 0.6 is 20.7 Å². The van der Waals surface area contributed by atoms with Gasteiger partial charge in [-0.2, -0.15) is 0 Å². The van der Waals surface area contributed by atoms with Gasteiger partial charge in [0, 0.05) is 3.42 Å². The fourth-order valence-electron chi connectivity index (χ4n) is 2.36. The van der Waals surface area contributed by atoms with E-state index in [2.05, 4.69) is 11.4 Å². The molecule has 1 saturated carbocycles. The molecular formula is C13H21IO4. The Bertz CT molecular complexity index is 335. The molecule has 0 radical (unpaired) electrons. The van der Waals surface area contributed by atoms with Gasteiger partial charge in [-0.1, -0.05) is 11.4 Å². The molecule has 0 aromatic heterocycles. The summed E-state index contributed by atoms with van der Waals surface area (Å²) in [5.41, 5.74) is -1.09. The Morgan fingerprint density at radius 2 is 1.67 bits per heavy atom. The summed E-state index contributed by atoms with van der Waals surface area (Å²) in [5, 5.41) is 0. The molecule has 0 aromatic carbocycles. The van der Waals surface area contributed by atoms with Crippen molar-refractivity contribution in [2.45, 2.75) is 43.5 Å². The fraction of sp³-hybridized carbons (Fsp3) is 0.769. The molecule has 1 atom stereocenters. The van der Waals surface area contributed by atoms with Crippen LogP contribution in [0.1, 0.15) is 40.0 Å². The molecule has 0 unspecified atom stereocenters. The molecular weight excluding hydrogens is 347 g/mol. The van der Waals surface area contributed by atoms with Gasteiger partial charge in [-0.25, -0.2) is 0 Å². The third-order valence-corrected chi connectivity index (χ3v) is 6.16. The number of alkyl halides is 1. The van der Waals surface area contributed by atoms with E-state index in [1.54, 1.807) is 13.8 Å². The van der Waals surface area contributed by atoms with Crippen molar-refractivity contribution in [2.75, 3.05) is 13.2 Å². The molecule has 0 bridgehead atoms. The van der Waals surface area contributed by atoms with Gasteiger partial charge in [0.15, 0.2) is 5.41 Å². The Balaban J connectivity index is 3.01. The van der Waals surface area contributed by atoms with E-state index >= 15 is 0 Å². The molecule has 1 aliphatic rings. The van der Waals surface area contributed by atoms with Crippen LogP contribution in [0.25, 0.3) is 0 Å². The number of rotatable bonds is 5. The number of esters is 2. The number of hydrogen-bond acceptors (Lipinski definition) is 4. The summed E-state index contributed by atoms with van der Waals surface area (Å²) in [4.78, 5) is 24.3. The zero-order valence-corrected chi connectivity index (χ0v) is 13.4. The standard InChI is InChI=1S/C13H21IO4/c1-5-17-10(15)13(11(16)18-6-2)8-7-12(3,9-13)14-4/h4-9H2,1-3H3/t12-/m1/s1. The Morgan fingerprint density at radius 1 is 1.17 bits per heavy atom. The van der Waals surface area contributed by atoms with Crippen molar-refractivity contribution in [1.82, 2.24) is 0 Å². The Morgan fingerprint density at radius 3 is 2.00 bits per heavy atom. The predicted octanol–water partition coefficient (Wildman–Crippen LogP) is 2.44. The highest BCUT2D eigenvalue weighted by Crippen LogP contribution is 2.51. The predicted molar refractivity (Wildman–Crippen MR) is 79.1 cm³/mol. The molecule has 0 aliphatic heterocycles. The average Bonchev–Trinajstić information content (AvgIpc) is 2.71. The molecule has 0 N–H and O–H groups in total. The zero-order valence-electron chi connectivity index (χ0n) is 11.3. The number of ether oxygens (including phenoxy) is 2. The van der Waals surface area contributed by atoms with Gasteiger partial charge < -0.3 is 9.47 Å². The first-order valence-electron chi connectivity index (χ1n) is 6.18. The second-order valence-corrected chi connectivity index (χ2v) is 8.11. The first kappa shape index (κ1) is 15.6. The molecule has 18 heavy (non-hydrogen) atoms. The zero-order chi connectivity index (χ0) is 13.8. The van der Waals surface area contributed by atoms with Crippen molar-refractivity contribution in [2.24, 2.45) is 5.41 Å². The van der Waals surface area contributed by atoms with Crippen LogP contribution < -0.4 is 0 Å². The van der Waals surface area contributed by atoms with Gasteiger partial charge in [0.05, 0.1) is 13.2 Å². The summed E-state index contributed by atoms with van der Waals surface area (Å²) >= 11 is -0.276. The lowest BCUT2D eigenvalue weighted by molar-refractivity contribution is -0.171. The first-order valence-corrected chi connectivity index (χ1v) is 8.78. The number of carbonyl (C=O) groups excluding carboxylic acids is 2. The summed E-state index contributed by atoms with van der Waals surface area (Å²) in [6.07, 6.45) is 1.90. The van der Waals surface area contributed by atoms with E-state index in [1.807, 2.05) is 0 Å². The maximum Gasteiger partial charge on any atom is 0.323 e. The van der Waals surface area contributed by atoms with Gasteiger partial charge in [-0.05, 0) is 33.1 Å². The molecule has 0 aromatic rings. The SMILES string of the molecule is C=I[C@]1(C)CCC(C(=O)OCC)(C(=O)OCC)C1. The minimum Gasteiger partial charge on any atom is -0.465 e. The highest BCUT2D eigenvalue weighted by atomic mass is 127. The number of halogens is 1. The van der Waals surface area contributed by atoms with Gasteiger partial charge in [0.2, 0.25) is 0 Å². The first-order chi connectivity index (χ1) is 8.44. The van der Waals surface area contributed by atoms with Crippen LogP contribution in [0.2, 0.25) is 0 Å². The van der Waals surface area contributed by atoms with Crippen LogP contribution in [0.3, 0.4) is 0 Å². The van der Waals surface area contributed by atoms with E-state index in [-0.39, 0.29) is 37.4 Å². The lowest BCUT2D eigenvalue weighted by atomic mass is 9.85. The monoisotopic (exact) mass is 368 g/mol. The highest BCUT2D eigenvalue weighted by molar-refractivity contribution is 14.2. The van der Waals surface area contributed by atoms with E-state index < -0.39 is 17.4 Å². The van der Waals surface area contributed by atoms with Gasteiger partial charge in [-0.3, -0.25) is 9.59 Å². The summed E-state index contributed by atoms with van der Waals surface area (Å²) in [5.74, 6) is -0.853. The topological polar surface area (TPSA) is 52.6 Å². The van der Waals surface area contributed by atoms with Crippen molar-refractivity contribution in [3.05, 3.63) is 0 Å². The second kappa shape index (κ2) is 6.12. The van der Waals surface area contributed by atoms with E-state index in [4.69, 9.17) is 9.47 Å². The lowest BCUT2D eigenvalue weighted by Crippen LogP contribution is -2.41. The highest BCUT2D eigenvalue weighted by Gasteiger charge is 2.57. The normalized spacial score (nSPS) is 25.7. The largest absolute Gasteiger partial charge is 0.465 e. The van der Waals surface area contributed by atoms with Gasteiger partial charge in [0.1, 0.15) is 0 Å². The third-order valence-electron chi connectivity index (χ3n) is 3.40. The van der Waals surface area contributed by atoms with Crippen molar-refractivity contribution in [1.29, 1.82) is 0 Å². The Hall–Kier alpha value is -0.460. The Labute approximate surface area is 118 Å². The molecule has 0 heterocycles. The Kier molecular flexibility index (Phi) is 5.31. The van der Waals surface area contributed by atoms with E-state index in [9.17, 15) is 9.59 Å². The van der Waals surface area contributed by atoms with E-state index in [0.29, 0.717) is 12.8 Å². The quantitative estimate of drug-likeness (QED) is 0.324. The van der Waals surface area contributed by atoms with Crippen molar-refractivity contribution in [3.63, 3.8) is 0 Å². The average molecular weight is 368 g/mol.